The van der Waals surface area contributed by atoms with Gasteiger partial charge >= 0.3 is 11.9 Å². The second-order valence-electron chi connectivity index (χ2n) is 2.24. The predicted molar refractivity (Wildman–Crippen MR) is 45.1 cm³/mol. The van der Waals surface area contributed by atoms with E-state index in [0.29, 0.717) is 0 Å². The minimum atomic E-state index is -1.73. The molecule has 0 spiro atoms. The summed E-state index contributed by atoms with van der Waals surface area (Å²) < 4.78 is 0. The molecular weight excluding hydrogens is 196 g/mol. The maximum atomic E-state index is 9.85. The summed E-state index contributed by atoms with van der Waals surface area (Å²) in [7, 11) is 0. The molecule has 0 saturated heterocycles. The van der Waals surface area contributed by atoms with Crippen LogP contribution in [0.1, 0.15) is 6.42 Å². The van der Waals surface area contributed by atoms with Gasteiger partial charge in [0.25, 0.3) is 0 Å². The number of nitrogens with two attached hydrogens (primary N) is 2. The lowest BCUT2D eigenvalue weighted by molar-refractivity contribution is -0.146. The first-order valence-corrected chi connectivity index (χ1v) is 3.58. The molecule has 8 N–H and O–H groups in total. The Morgan fingerprint density at radius 3 is 1.57 bits per heavy atom. The molecule has 14 heavy (non-hydrogen) atoms. The number of aliphatic carboxylic acids is 2. The summed E-state index contributed by atoms with van der Waals surface area (Å²) >= 11 is 0. The fourth-order valence-corrected chi connectivity index (χ4v) is 0.263. The van der Waals surface area contributed by atoms with Gasteiger partial charge in [-0.05, 0) is 6.42 Å². The average Bonchev–Trinajstić information content (AvgIpc) is 2.05. The summed E-state index contributed by atoms with van der Waals surface area (Å²) in [6.07, 6.45) is -1.61. The number of hydrogen-bond acceptors (Lipinski definition) is 6. The van der Waals surface area contributed by atoms with Crippen LogP contribution in [0.25, 0.3) is 0 Å². The van der Waals surface area contributed by atoms with E-state index in [4.69, 9.17) is 26.2 Å². The van der Waals surface area contributed by atoms with Crippen molar-refractivity contribution in [1.82, 2.24) is 0 Å². The highest BCUT2D eigenvalue weighted by Crippen LogP contribution is 1.83. The van der Waals surface area contributed by atoms with Gasteiger partial charge in [0.1, 0.15) is 6.04 Å². The summed E-state index contributed by atoms with van der Waals surface area (Å²) in [6, 6.07) is -0.917. The van der Waals surface area contributed by atoms with Crippen molar-refractivity contribution >= 4 is 11.9 Å². The molecule has 0 saturated carbocycles. The van der Waals surface area contributed by atoms with E-state index in [2.05, 4.69) is 5.73 Å². The van der Waals surface area contributed by atoms with Crippen LogP contribution in [0.5, 0.6) is 0 Å². The highest BCUT2D eigenvalue weighted by molar-refractivity contribution is 5.72. The van der Waals surface area contributed by atoms with Crippen LogP contribution < -0.4 is 11.5 Å². The van der Waals surface area contributed by atoms with Gasteiger partial charge in [0.2, 0.25) is 6.23 Å². The topological polar surface area (TPSA) is 167 Å². The molecule has 8 nitrogen and oxygen atoms in total. The minimum absolute atomic E-state index is 0.120. The molecule has 0 aromatic carbocycles. The van der Waals surface area contributed by atoms with E-state index < -0.39 is 24.2 Å². The molecule has 0 aromatic rings. The van der Waals surface area contributed by atoms with Crippen molar-refractivity contribution in [1.29, 1.82) is 0 Å². The predicted octanol–water partition coefficient (Wildman–Crippen LogP) is -2.87. The lowest BCUT2D eigenvalue weighted by Crippen LogP contribution is -2.30. The van der Waals surface area contributed by atoms with E-state index in [1.54, 1.807) is 0 Å². The molecule has 0 amide bonds. The molecule has 1 unspecified atom stereocenters. The van der Waals surface area contributed by atoms with Gasteiger partial charge in [-0.2, -0.15) is 0 Å². The standard InChI is InChI=1S/C4H9NO3.C2H5NO3/c5-3(1-2-6)4(7)8;3-1(4)2(5)6/h3,6H,1-2,5H2,(H,7,8);1,4H,3H2,(H,5,6)/t3-;/m0./s1. The Morgan fingerprint density at radius 2 is 1.50 bits per heavy atom. The molecule has 0 heterocycles. The Morgan fingerprint density at radius 1 is 1.14 bits per heavy atom. The molecule has 0 aromatic heterocycles. The van der Waals surface area contributed by atoms with E-state index in [0.717, 1.165) is 0 Å². The minimum Gasteiger partial charge on any atom is -0.480 e. The fraction of sp³-hybridized carbons (Fsp3) is 0.667. The largest absolute Gasteiger partial charge is 0.480 e. The lowest BCUT2D eigenvalue weighted by Gasteiger charge is -2.00. The first-order valence-electron chi connectivity index (χ1n) is 3.58. The second kappa shape index (κ2) is 8.38. The van der Waals surface area contributed by atoms with E-state index in [9.17, 15) is 9.59 Å². The Kier molecular flexibility index (Phi) is 9.14. The maximum absolute atomic E-state index is 9.85. The summed E-state index contributed by atoms with van der Waals surface area (Å²) in [5.74, 6) is -2.48. The van der Waals surface area contributed by atoms with Crippen molar-refractivity contribution in [3.05, 3.63) is 0 Å². The summed E-state index contributed by atoms with van der Waals surface area (Å²) in [4.78, 5) is 19.2. The quantitative estimate of drug-likeness (QED) is 0.269. The molecule has 0 aliphatic carbocycles. The highest BCUT2D eigenvalue weighted by atomic mass is 16.4. The van der Waals surface area contributed by atoms with Crippen molar-refractivity contribution < 1.29 is 30.0 Å². The third-order valence-electron chi connectivity index (χ3n) is 1.01. The van der Waals surface area contributed by atoms with E-state index in [1.807, 2.05) is 0 Å². The zero-order chi connectivity index (χ0) is 11.7. The van der Waals surface area contributed by atoms with Gasteiger partial charge in [0.15, 0.2) is 0 Å². The average molecular weight is 210 g/mol. The van der Waals surface area contributed by atoms with Crippen molar-refractivity contribution in [2.75, 3.05) is 6.61 Å². The molecule has 2 atom stereocenters. The van der Waals surface area contributed by atoms with Gasteiger partial charge in [0.05, 0.1) is 0 Å². The molecule has 84 valence electrons. The molecule has 0 aliphatic heterocycles. The molecule has 0 bridgehead atoms. The van der Waals surface area contributed by atoms with Crippen molar-refractivity contribution in [3.8, 4) is 0 Å². The summed E-state index contributed by atoms with van der Waals surface area (Å²) in [5, 5.41) is 31.6. The molecule has 0 radical (unpaired) electrons. The van der Waals surface area contributed by atoms with Crippen molar-refractivity contribution in [2.45, 2.75) is 18.7 Å². The molecule has 8 heteroatoms. The fourth-order valence-electron chi connectivity index (χ4n) is 0.263. The van der Waals surface area contributed by atoms with Crippen LogP contribution in [0, 0.1) is 0 Å². The van der Waals surface area contributed by atoms with E-state index in [-0.39, 0.29) is 13.0 Å². The summed E-state index contributed by atoms with van der Waals surface area (Å²) in [5.41, 5.74) is 9.36. The highest BCUT2D eigenvalue weighted by Gasteiger charge is 2.08. The zero-order valence-electron chi connectivity index (χ0n) is 7.33. The van der Waals surface area contributed by atoms with Crippen LogP contribution >= 0.6 is 0 Å². The van der Waals surface area contributed by atoms with Gasteiger partial charge in [0, 0.05) is 6.61 Å². The van der Waals surface area contributed by atoms with Crippen LogP contribution in [0.15, 0.2) is 0 Å². The normalized spacial score (nSPS) is 13.4. The second-order valence-corrected chi connectivity index (χ2v) is 2.24. The third-order valence-corrected chi connectivity index (χ3v) is 1.01. The first-order chi connectivity index (χ1) is 6.32. The van der Waals surface area contributed by atoms with Crippen LogP contribution in [-0.4, -0.2) is 51.2 Å². The van der Waals surface area contributed by atoms with E-state index >= 15 is 0 Å². The van der Waals surface area contributed by atoms with Gasteiger partial charge in [-0.3, -0.25) is 10.5 Å². The zero-order valence-corrected chi connectivity index (χ0v) is 7.33. The van der Waals surface area contributed by atoms with Crippen molar-refractivity contribution in [3.63, 3.8) is 0 Å². The van der Waals surface area contributed by atoms with Crippen LogP contribution in [0.4, 0.5) is 0 Å². The molecular formula is C6H14N2O6. The Balaban J connectivity index is 0. The number of rotatable bonds is 4. The van der Waals surface area contributed by atoms with Crippen LogP contribution in [0.2, 0.25) is 0 Å². The number of carboxylic acid groups (broad SMARTS) is 2. The number of hydrogen-bond donors (Lipinski definition) is 6. The number of carboxylic acids is 2. The van der Waals surface area contributed by atoms with E-state index in [1.165, 1.54) is 0 Å². The Labute approximate surface area is 79.7 Å². The maximum Gasteiger partial charge on any atom is 0.347 e. The Hall–Kier alpha value is -1.22. The molecule has 0 aliphatic rings. The lowest BCUT2D eigenvalue weighted by atomic mass is 10.2. The Bertz CT molecular complexity index is 183. The van der Waals surface area contributed by atoms with Gasteiger partial charge in [-0.15, -0.1) is 0 Å². The molecule has 0 fully saturated rings. The van der Waals surface area contributed by atoms with Gasteiger partial charge in [-0.25, -0.2) is 4.79 Å². The smallest absolute Gasteiger partial charge is 0.347 e. The van der Waals surface area contributed by atoms with Gasteiger partial charge in [-0.1, -0.05) is 0 Å². The monoisotopic (exact) mass is 210 g/mol. The summed E-state index contributed by atoms with van der Waals surface area (Å²) in [6.45, 7) is -0.173. The van der Waals surface area contributed by atoms with Gasteiger partial charge < -0.3 is 26.2 Å². The first kappa shape index (κ1) is 15.3. The molecule has 0 rings (SSSR count). The van der Waals surface area contributed by atoms with Crippen LogP contribution in [0.3, 0.4) is 0 Å². The number of aliphatic hydroxyl groups excluding tert-OH is 2. The number of carbonyl (C=O) groups is 2. The third kappa shape index (κ3) is 10.8. The van der Waals surface area contributed by atoms with Crippen molar-refractivity contribution in [2.24, 2.45) is 11.5 Å². The SMILES string of the molecule is NC(O)C(=O)O.N[C@@H](CCO)C(=O)O. The number of aliphatic hydroxyl groups is 2. The van der Waals surface area contributed by atoms with Crippen LogP contribution in [-0.2, 0) is 9.59 Å².